The summed E-state index contributed by atoms with van der Waals surface area (Å²) in [6.45, 7) is 0. The van der Waals surface area contributed by atoms with E-state index < -0.39 is 5.41 Å². The van der Waals surface area contributed by atoms with Gasteiger partial charge >= 0.3 is 0 Å². The molecule has 0 spiro atoms. The average molecular weight is 271 g/mol. The molecule has 0 saturated heterocycles. The first-order valence-corrected chi connectivity index (χ1v) is 6.48. The maximum absolute atomic E-state index is 12.3. The molecule has 0 unspecified atom stereocenters. The number of rotatable bonds is 3. The molecule has 0 atom stereocenters. The standard InChI is InChI=1S/C14H13N3OS/c15-12(19)14(5-6-14)13(18)17-11-3-1-2-9-8-16-7-4-10(9)11/h1-4,7-8H,5-6H2,(H2,15,19)(H,17,18). The fraction of sp³-hybridized carbons (Fsp3) is 0.214. The van der Waals surface area contributed by atoms with Crippen LogP contribution in [0, 0.1) is 5.41 Å². The molecular weight excluding hydrogens is 258 g/mol. The number of nitrogens with zero attached hydrogens (tertiary/aromatic N) is 1. The van der Waals surface area contributed by atoms with Gasteiger partial charge in [-0.25, -0.2) is 0 Å². The average Bonchev–Trinajstić information content (AvgIpc) is 3.20. The van der Waals surface area contributed by atoms with Gasteiger partial charge in [-0.2, -0.15) is 0 Å². The number of amides is 1. The smallest absolute Gasteiger partial charge is 0.237 e. The summed E-state index contributed by atoms with van der Waals surface area (Å²) in [5.41, 5.74) is 5.80. The SMILES string of the molecule is NC(=S)C1(C(=O)Nc2cccc3cnccc23)CC1. The van der Waals surface area contributed by atoms with Crippen molar-refractivity contribution in [3.63, 3.8) is 0 Å². The maximum Gasteiger partial charge on any atom is 0.237 e. The summed E-state index contributed by atoms with van der Waals surface area (Å²) in [6.07, 6.45) is 4.95. The molecule has 5 heteroatoms. The summed E-state index contributed by atoms with van der Waals surface area (Å²) < 4.78 is 0. The molecule has 3 N–H and O–H groups in total. The van der Waals surface area contributed by atoms with E-state index in [0.717, 1.165) is 29.3 Å². The Hall–Kier alpha value is -2.01. The molecule has 0 aliphatic heterocycles. The number of fused-ring (bicyclic) bond motifs is 1. The lowest BCUT2D eigenvalue weighted by Crippen LogP contribution is -2.35. The number of pyridine rings is 1. The van der Waals surface area contributed by atoms with E-state index in [2.05, 4.69) is 10.3 Å². The second-order valence-electron chi connectivity index (χ2n) is 4.80. The van der Waals surface area contributed by atoms with Crippen LogP contribution < -0.4 is 11.1 Å². The molecule has 1 aliphatic carbocycles. The first kappa shape index (κ1) is 12.0. The zero-order valence-electron chi connectivity index (χ0n) is 10.2. The monoisotopic (exact) mass is 271 g/mol. The van der Waals surface area contributed by atoms with Gasteiger partial charge in [-0.15, -0.1) is 0 Å². The van der Waals surface area contributed by atoms with Crippen molar-refractivity contribution in [2.24, 2.45) is 11.1 Å². The van der Waals surface area contributed by atoms with Crippen LogP contribution in [0.2, 0.25) is 0 Å². The van der Waals surface area contributed by atoms with E-state index in [-0.39, 0.29) is 10.9 Å². The van der Waals surface area contributed by atoms with Crippen molar-refractivity contribution in [1.82, 2.24) is 4.98 Å². The Balaban J connectivity index is 1.94. The second-order valence-corrected chi connectivity index (χ2v) is 5.24. The van der Waals surface area contributed by atoms with Crippen molar-refractivity contribution in [2.45, 2.75) is 12.8 Å². The van der Waals surface area contributed by atoms with Crippen LogP contribution in [0.5, 0.6) is 0 Å². The topological polar surface area (TPSA) is 68.0 Å². The van der Waals surface area contributed by atoms with Crippen molar-refractivity contribution in [2.75, 3.05) is 5.32 Å². The Bertz CT molecular complexity index is 674. The third-order valence-corrected chi connectivity index (χ3v) is 3.98. The molecule has 96 valence electrons. The molecule has 0 radical (unpaired) electrons. The first-order chi connectivity index (χ1) is 9.13. The molecule has 4 nitrogen and oxygen atoms in total. The molecule has 0 bridgehead atoms. The molecule has 1 saturated carbocycles. The molecule has 1 aromatic heterocycles. The number of aromatic nitrogens is 1. The van der Waals surface area contributed by atoms with Crippen LogP contribution >= 0.6 is 12.2 Å². The number of hydrogen-bond acceptors (Lipinski definition) is 3. The minimum atomic E-state index is -0.634. The molecule has 1 aromatic carbocycles. The fourth-order valence-corrected chi connectivity index (χ4v) is 2.48. The normalized spacial score (nSPS) is 16.0. The summed E-state index contributed by atoms with van der Waals surface area (Å²) in [5.74, 6) is -0.107. The van der Waals surface area contributed by atoms with Gasteiger partial charge in [-0.3, -0.25) is 9.78 Å². The molecule has 19 heavy (non-hydrogen) atoms. The minimum Gasteiger partial charge on any atom is -0.392 e. The highest BCUT2D eigenvalue weighted by atomic mass is 32.1. The van der Waals surface area contributed by atoms with E-state index in [1.165, 1.54) is 0 Å². The Morgan fingerprint density at radius 2 is 2.16 bits per heavy atom. The van der Waals surface area contributed by atoms with Crippen molar-refractivity contribution >= 4 is 39.6 Å². The number of thiocarbonyl (C=S) groups is 1. The van der Waals surface area contributed by atoms with Crippen LogP contribution in [0.4, 0.5) is 5.69 Å². The Kier molecular flexibility index (Phi) is 2.71. The van der Waals surface area contributed by atoms with Gasteiger partial charge in [-0.05, 0) is 25.0 Å². The highest BCUT2D eigenvalue weighted by molar-refractivity contribution is 7.80. The molecule has 1 aliphatic rings. The van der Waals surface area contributed by atoms with Gasteiger partial charge in [0.15, 0.2) is 0 Å². The third-order valence-electron chi connectivity index (χ3n) is 3.59. The molecular formula is C14H13N3OS. The molecule has 2 aromatic rings. The summed E-state index contributed by atoms with van der Waals surface area (Å²) in [4.78, 5) is 16.6. The van der Waals surface area contributed by atoms with Crippen LogP contribution in [0.25, 0.3) is 10.8 Å². The van der Waals surface area contributed by atoms with E-state index in [1.54, 1.807) is 12.4 Å². The van der Waals surface area contributed by atoms with E-state index in [0.29, 0.717) is 0 Å². The predicted octanol–water partition coefficient (Wildman–Crippen LogP) is 2.24. The van der Waals surface area contributed by atoms with Crippen LogP contribution in [0.15, 0.2) is 36.7 Å². The lowest BCUT2D eigenvalue weighted by molar-refractivity contribution is -0.118. The number of nitrogens with one attached hydrogen (secondary N) is 1. The summed E-state index contributed by atoms with van der Waals surface area (Å²) >= 11 is 4.99. The van der Waals surface area contributed by atoms with E-state index >= 15 is 0 Å². The van der Waals surface area contributed by atoms with Gasteiger partial charge in [0, 0.05) is 28.9 Å². The highest BCUT2D eigenvalue weighted by Gasteiger charge is 2.52. The quantitative estimate of drug-likeness (QED) is 0.840. The van der Waals surface area contributed by atoms with Crippen LogP contribution in [0.3, 0.4) is 0 Å². The van der Waals surface area contributed by atoms with Gasteiger partial charge in [0.25, 0.3) is 0 Å². The summed E-state index contributed by atoms with van der Waals surface area (Å²) in [7, 11) is 0. The largest absolute Gasteiger partial charge is 0.392 e. The number of hydrogen-bond donors (Lipinski definition) is 2. The zero-order chi connectivity index (χ0) is 13.5. The third kappa shape index (κ3) is 1.96. The van der Waals surface area contributed by atoms with E-state index in [4.69, 9.17) is 18.0 Å². The van der Waals surface area contributed by atoms with Crippen LogP contribution in [-0.4, -0.2) is 15.9 Å². The van der Waals surface area contributed by atoms with Gasteiger partial charge in [0.05, 0.1) is 10.4 Å². The number of carbonyl (C=O) groups excluding carboxylic acids is 1. The lowest BCUT2D eigenvalue weighted by atomic mass is 10.1. The number of benzene rings is 1. The van der Waals surface area contributed by atoms with Crippen molar-refractivity contribution < 1.29 is 4.79 Å². The highest BCUT2D eigenvalue weighted by Crippen LogP contribution is 2.47. The number of nitrogens with two attached hydrogens (primary N) is 1. The van der Waals surface area contributed by atoms with Gasteiger partial charge in [0.1, 0.15) is 0 Å². The van der Waals surface area contributed by atoms with Crippen LogP contribution in [-0.2, 0) is 4.79 Å². The number of carbonyl (C=O) groups is 1. The predicted molar refractivity (Wildman–Crippen MR) is 78.8 cm³/mol. The molecule has 1 fully saturated rings. The van der Waals surface area contributed by atoms with Gasteiger partial charge in [-0.1, -0.05) is 24.4 Å². The van der Waals surface area contributed by atoms with Crippen molar-refractivity contribution in [3.8, 4) is 0 Å². The Morgan fingerprint density at radius 1 is 1.37 bits per heavy atom. The first-order valence-electron chi connectivity index (χ1n) is 6.08. The lowest BCUT2D eigenvalue weighted by Gasteiger charge is -2.14. The van der Waals surface area contributed by atoms with E-state index in [1.807, 2.05) is 24.3 Å². The Labute approximate surface area is 116 Å². The van der Waals surface area contributed by atoms with Gasteiger partial charge < -0.3 is 11.1 Å². The van der Waals surface area contributed by atoms with Crippen molar-refractivity contribution in [1.29, 1.82) is 0 Å². The molecule has 1 amide bonds. The number of anilines is 1. The van der Waals surface area contributed by atoms with Crippen molar-refractivity contribution in [3.05, 3.63) is 36.7 Å². The fourth-order valence-electron chi connectivity index (χ4n) is 2.18. The van der Waals surface area contributed by atoms with E-state index in [9.17, 15) is 4.79 Å². The van der Waals surface area contributed by atoms with Gasteiger partial charge in [0.2, 0.25) is 5.91 Å². The molecule has 3 rings (SSSR count). The summed E-state index contributed by atoms with van der Waals surface area (Å²) in [5, 5.41) is 4.88. The summed E-state index contributed by atoms with van der Waals surface area (Å²) in [6, 6.07) is 7.60. The maximum atomic E-state index is 12.3. The molecule has 1 heterocycles. The second kappa shape index (κ2) is 4.28. The Morgan fingerprint density at radius 3 is 2.84 bits per heavy atom. The van der Waals surface area contributed by atoms with Crippen LogP contribution in [0.1, 0.15) is 12.8 Å². The zero-order valence-corrected chi connectivity index (χ0v) is 11.0. The minimum absolute atomic E-state index is 0.107.